The van der Waals surface area contributed by atoms with Gasteiger partial charge in [-0.2, -0.15) is 0 Å². The summed E-state index contributed by atoms with van der Waals surface area (Å²) in [5, 5.41) is 4.02. The van der Waals surface area contributed by atoms with Crippen molar-refractivity contribution in [3.8, 4) is 0 Å². The lowest BCUT2D eigenvalue weighted by Crippen LogP contribution is -2.39. The lowest BCUT2D eigenvalue weighted by atomic mass is 9.82. The van der Waals surface area contributed by atoms with Gasteiger partial charge in [0.1, 0.15) is 0 Å². The molecule has 4 nitrogen and oxygen atoms in total. The van der Waals surface area contributed by atoms with Crippen LogP contribution in [0.1, 0.15) is 52.1 Å². The van der Waals surface area contributed by atoms with Crippen molar-refractivity contribution in [3.05, 3.63) is 29.8 Å². The molecule has 1 amide bonds. The molecule has 1 unspecified atom stereocenters. The summed E-state index contributed by atoms with van der Waals surface area (Å²) in [5.41, 5.74) is 2.15. The second kappa shape index (κ2) is 5.61. The summed E-state index contributed by atoms with van der Waals surface area (Å²) in [6.45, 7) is 8.55. The summed E-state index contributed by atoms with van der Waals surface area (Å²) in [4.78, 5) is 19.5. The SMILES string of the molecule is CCC1=NOC(C(=O)N2Sc3ccccc3[C@@H]2C(C)(C)C)C1. The molecule has 1 aromatic carbocycles. The minimum absolute atomic E-state index is 0.0216. The van der Waals surface area contributed by atoms with Crippen LogP contribution in [0.25, 0.3) is 0 Å². The Kier molecular flexibility index (Phi) is 3.93. The minimum atomic E-state index is -0.471. The Morgan fingerprint density at radius 2 is 2.14 bits per heavy atom. The molecular weight excluding hydrogens is 296 g/mol. The van der Waals surface area contributed by atoms with E-state index in [9.17, 15) is 4.79 Å². The van der Waals surface area contributed by atoms with Crippen molar-refractivity contribution >= 4 is 23.6 Å². The third-order valence-electron chi connectivity index (χ3n) is 4.10. The fourth-order valence-electron chi connectivity index (χ4n) is 2.97. The molecule has 0 N–H and O–H groups in total. The van der Waals surface area contributed by atoms with Crippen LogP contribution in [-0.4, -0.2) is 22.0 Å². The second-order valence-electron chi connectivity index (χ2n) is 6.87. The van der Waals surface area contributed by atoms with Gasteiger partial charge in [-0.1, -0.05) is 51.0 Å². The first kappa shape index (κ1) is 15.4. The predicted octanol–water partition coefficient (Wildman–Crippen LogP) is 4.18. The van der Waals surface area contributed by atoms with Gasteiger partial charge in [-0.05, 0) is 35.4 Å². The molecule has 0 aromatic heterocycles. The largest absolute Gasteiger partial charge is 0.382 e. The summed E-state index contributed by atoms with van der Waals surface area (Å²) in [7, 11) is 0. The van der Waals surface area contributed by atoms with Crippen molar-refractivity contribution in [2.45, 2.75) is 57.6 Å². The van der Waals surface area contributed by atoms with Crippen molar-refractivity contribution in [2.24, 2.45) is 10.6 Å². The molecule has 0 aliphatic carbocycles. The molecule has 2 aliphatic heterocycles. The van der Waals surface area contributed by atoms with Gasteiger partial charge in [-0.15, -0.1) is 0 Å². The van der Waals surface area contributed by atoms with Crippen LogP contribution in [0.3, 0.4) is 0 Å². The van der Waals surface area contributed by atoms with Gasteiger partial charge >= 0.3 is 0 Å². The monoisotopic (exact) mass is 318 g/mol. The summed E-state index contributed by atoms with van der Waals surface area (Å²) in [6.07, 6.45) is 0.973. The first-order valence-corrected chi connectivity index (χ1v) is 8.50. The molecule has 0 saturated carbocycles. The molecule has 0 bridgehead atoms. The third-order valence-corrected chi connectivity index (χ3v) is 5.25. The summed E-state index contributed by atoms with van der Waals surface area (Å²) in [6, 6.07) is 8.31. The number of benzene rings is 1. The lowest BCUT2D eigenvalue weighted by Gasteiger charge is -2.35. The van der Waals surface area contributed by atoms with Crippen LogP contribution in [0.5, 0.6) is 0 Å². The molecule has 22 heavy (non-hydrogen) atoms. The van der Waals surface area contributed by atoms with E-state index in [0.717, 1.165) is 17.0 Å². The van der Waals surface area contributed by atoms with E-state index in [1.54, 1.807) is 0 Å². The van der Waals surface area contributed by atoms with Gasteiger partial charge < -0.3 is 4.84 Å². The number of oxime groups is 1. The number of carbonyl (C=O) groups excluding carboxylic acids is 1. The Balaban J connectivity index is 1.86. The van der Waals surface area contributed by atoms with Crippen LogP contribution in [0, 0.1) is 5.41 Å². The van der Waals surface area contributed by atoms with Gasteiger partial charge in [0.05, 0.1) is 11.8 Å². The zero-order valence-electron chi connectivity index (χ0n) is 13.5. The number of fused-ring (bicyclic) bond motifs is 1. The van der Waals surface area contributed by atoms with E-state index >= 15 is 0 Å². The molecule has 2 aliphatic rings. The van der Waals surface area contributed by atoms with Gasteiger partial charge in [0.25, 0.3) is 5.91 Å². The van der Waals surface area contributed by atoms with E-state index in [4.69, 9.17) is 4.84 Å². The number of hydrogen-bond donors (Lipinski definition) is 0. The first-order valence-electron chi connectivity index (χ1n) is 7.73. The molecule has 0 fully saturated rings. The van der Waals surface area contributed by atoms with Gasteiger partial charge in [0.15, 0.2) is 0 Å². The fourth-order valence-corrected chi connectivity index (χ4v) is 4.35. The Hall–Kier alpha value is -1.49. The topological polar surface area (TPSA) is 41.9 Å². The molecule has 1 aromatic rings. The number of amides is 1. The maximum Gasteiger partial charge on any atom is 0.277 e. The molecule has 5 heteroatoms. The van der Waals surface area contributed by atoms with Crippen LogP contribution in [0.4, 0.5) is 0 Å². The molecule has 0 radical (unpaired) electrons. The minimum Gasteiger partial charge on any atom is -0.382 e. The van der Waals surface area contributed by atoms with E-state index in [-0.39, 0.29) is 17.4 Å². The zero-order valence-corrected chi connectivity index (χ0v) is 14.3. The highest BCUT2D eigenvalue weighted by Crippen LogP contribution is 2.52. The molecular formula is C17H22N2O2S. The Labute approximate surface area is 136 Å². The van der Waals surface area contributed by atoms with Gasteiger partial charge in [-0.3, -0.25) is 9.10 Å². The van der Waals surface area contributed by atoms with Crippen LogP contribution >= 0.6 is 11.9 Å². The Morgan fingerprint density at radius 3 is 2.77 bits per heavy atom. The molecule has 118 valence electrons. The summed E-state index contributed by atoms with van der Waals surface area (Å²) >= 11 is 1.53. The van der Waals surface area contributed by atoms with E-state index in [2.05, 4.69) is 38.1 Å². The Morgan fingerprint density at radius 1 is 1.41 bits per heavy atom. The number of carbonyl (C=O) groups is 1. The van der Waals surface area contributed by atoms with Crippen LogP contribution in [0.2, 0.25) is 0 Å². The second-order valence-corrected chi connectivity index (χ2v) is 7.89. The molecule has 2 heterocycles. The highest BCUT2D eigenvalue weighted by molar-refractivity contribution is 7.97. The van der Waals surface area contributed by atoms with Gasteiger partial charge in [0, 0.05) is 11.3 Å². The highest BCUT2D eigenvalue weighted by Gasteiger charge is 2.45. The molecule has 3 rings (SSSR count). The highest BCUT2D eigenvalue weighted by atomic mass is 32.2. The van der Waals surface area contributed by atoms with Gasteiger partial charge in [-0.25, -0.2) is 0 Å². The Bertz CT molecular complexity index is 621. The van der Waals surface area contributed by atoms with Crippen LogP contribution in [-0.2, 0) is 9.63 Å². The van der Waals surface area contributed by atoms with Crippen LogP contribution in [0.15, 0.2) is 34.3 Å². The van der Waals surface area contributed by atoms with E-state index in [1.807, 2.05) is 23.4 Å². The maximum atomic E-state index is 12.9. The lowest BCUT2D eigenvalue weighted by molar-refractivity contribution is -0.139. The molecule has 0 spiro atoms. The first-order chi connectivity index (χ1) is 10.4. The van der Waals surface area contributed by atoms with Crippen LogP contribution < -0.4 is 0 Å². The number of nitrogens with zero attached hydrogens (tertiary/aromatic N) is 2. The third kappa shape index (κ3) is 2.62. The van der Waals surface area contributed by atoms with Crippen molar-refractivity contribution in [1.29, 1.82) is 0 Å². The fraction of sp³-hybridized carbons (Fsp3) is 0.529. The summed E-state index contributed by atoms with van der Waals surface area (Å²) < 4.78 is 1.89. The smallest absolute Gasteiger partial charge is 0.277 e. The zero-order chi connectivity index (χ0) is 15.9. The standard InChI is InChI=1S/C17H22N2O2S/c1-5-11-10-13(21-18-11)16(20)19-15(17(2,3)4)12-8-6-7-9-14(12)22-19/h6-9,13,15H,5,10H2,1-4H3/t13?,15-/m1/s1. The average molecular weight is 318 g/mol. The van der Waals surface area contributed by atoms with E-state index in [1.165, 1.54) is 17.5 Å². The van der Waals surface area contributed by atoms with E-state index in [0.29, 0.717) is 6.42 Å². The van der Waals surface area contributed by atoms with Crippen molar-refractivity contribution in [2.75, 3.05) is 0 Å². The van der Waals surface area contributed by atoms with Crippen molar-refractivity contribution < 1.29 is 9.63 Å². The van der Waals surface area contributed by atoms with Gasteiger partial charge in [0.2, 0.25) is 6.10 Å². The van der Waals surface area contributed by atoms with E-state index < -0.39 is 6.10 Å². The number of rotatable bonds is 2. The number of hydrogen-bond acceptors (Lipinski definition) is 4. The quantitative estimate of drug-likeness (QED) is 0.768. The average Bonchev–Trinajstić information content (AvgIpc) is 3.10. The predicted molar refractivity (Wildman–Crippen MR) is 88.6 cm³/mol. The summed E-state index contributed by atoms with van der Waals surface area (Å²) in [5.74, 6) is 0.0216. The molecule has 0 saturated heterocycles. The van der Waals surface area contributed by atoms with Crippen molar-refractivity contribution in [3.63, 3.8) is 0 Å². The normalized spacial score (nSPS) is 24.0. The van der Waals surface area contributed by atoms with Crippen molar-refractivity contribution in [1.82, 2.24) is 4.31 Å². The maximum absolute atomic E-state index is 12.9. The molecule has 2 atom stereocenters.